The first-order valence-corrected chi connectivity index (χ1v) is 7.26. The smallest absolute Gasteiger partial charge is 0.326 e. The summed E-state index contributed by atoms with van der Waals surface area (Å²) >= 11 is 1.56. The van der Waals surface area contributed by atoms with E-state index in [0.717, 1.165) is 12.8 Å². The second-order valence-electron chi connectivity index (χ2n) is 3.97. The number of urea groups is 1. The summed E-state index contributed by atoms with van der Waals surface area (Å²) in [5.74, 6) is -0.283. The number of nitrogens with zero attached hydrogens (tertiary/aromatic N) is 1. The van der Waals surface area contributed by atoms with Gasteiger partial charge in [0.15, 0.2) is 0 Å². The lowest BCUT2D eigenvalue weighted by atomic mass is 10.2. The number of carbonyl (C=O) groups is 2. The van der Waals surface area contributed by atoms with E-state index in [2.05, 4.69) is 11.9 Å². The van der Waals surface area contributed by atoms with E-state index in [0.29, 0.717) is 18.7 Å². The van der Waals surface area contributed by atoms with Gasteiger partial charge in [-0.15, -0.1) is 6.58 Å². The van der Waals surface area contributed by atoms with E-state index in [9.17, 15) is 9.59 Å². The predicted molar refractivity (Wildman–Crippen MR) is 75.0 cm³/mol. The van der Waals surface area contributed by atoms with Crippen LogP contribution in [0.5, 0.6) is 0 Å². The Kier molecular flexibility index (Phi) is 9.18. The van der Waals surface area contributed by atoms with E-state index >= 15 is 0 Å². The minimum absolute atomic E-state index is 0.340. The van der Waals surface area contributed by atoms with Crippen molar-refractivity contribution in [2.45, 2.75) is 25.3 Å². The van der Waals surface area contributed by atoms with E-state index in [1.54, 1.807) is 24.9 Å². The number of thioether (sulfide) groups is 1. The molecule has 104 valence electrons. The molecular formula is C12H22N2O3S. The van der Waals surface area contributed by atoms with Crippen LogP contribution >= 0.6 is 11.8 Å². The summed E-state index contributed by atoms with van der Waals surface area (Å²) in [7, 11) is 1.66. The van der Waals surface area contributed by atoms with E-state index < -0.39 is 12.0 Å². The molecule has 0 unspecified atom stereocenters. The Morgan fingerprint density at radius 3 is 2.72 bits per heavy atom. The van der Waals surface area contributed by atoms with Crippen LogP contribution in [-0.2, 0) is 4.79 Å². The molecule has 18 heavy (non-hydrogen) atoms. The molecule has 2 N–H and O–H groups in total. The van der Waals surface area contributed by atoms with Crippen LogP contribution in [0.15, 0.2) is 12.7 Å². The molecule has 0 heterocycles. The summed E-state index contributed by atoms with van der Waals surface area (Å²) in [6.07, 6.45) is 5.80. The third-order valence-electron chi connectivity index (χ3n) is 2.45. The summed E-state index contributed by atoms with van der Waals surface area (Å²) in [6.45, 7) is 4.20. The number of carboxylic acids is 1. The lowest BCUT2D eigenvalue weighted by Gasteiger charge is -2.21. The number of hydrogen-bond donors (Lipinski definition) is 2. The Hall–Kier alpha value is -1.17. The van der Waals surface area contributed by atoms with Crippen molar-refractivity contribution in [2.75, 3.05) is 25.6 Å². The van der Waals surface area contributed by atoms with E-state index in [1.807, 2.05) is 6.26 Å². The highest BCUT2D eigenvalue weighted by Crippen LogP contribution is 2.02. The van der Waals surface area contributed by atoms with E-state index in [1.165, 1.54) is 4.90 Å². The van der Waals surface area contributed by atoms with Gasteiger partial charge in [0.2, 0.25) is 0 Å². The van der Waals surface area contributed by atoms with Crippen LogP contribution in [0.2, 0.25) is 0 Å². The van der Waals surface area contributed by atoms with Gasteiger partial charge in [-0.1, -0.05) is 6.08 Å². The molecule has 0 aliphatic carbocycles. The molecule has 0 aromatic rings. The molecule has 0 fully saturated rings. The van der Waals surface area contributed by atoms with Gasteiger partial charge in [0.25, 0.3) is 0 Å². The van der Waals surface area contributed by atoms with Gasteiger partial charge in [0.05, 0.1) is 0 Å². The molecule has 0 aliphatic rings. The van der Waals surface area contributed by atoms with E-state index in [4.69, 9.17) is 5.11 Å². The number of allylic oxidation sites excluding steroid dienone is 1. The Labute approximate surface area is 113 Å². The van der Waals surface area contributed by atoms with Crippen molar-refractivity contribution < 1.29 is 14.7 Å². The first-order valence-electron chi connectivity index (χ1n) is 5.87. The summed E-state index contributed by atoms with van der Waals surface area (Å²) in [6, 6.07) is -1.15. The van der Waals surface area contributed by atoms with Crippen LogP contribution in [0.25, 0.3) is 0 Å². The number of unbranched alkanes of at least 4 members (excludes halogenated alkanes) is 1. The van der Waals surface area contributed by atoms with Gasteiger partial charge in [-0.3, -0.25) is 0 Å². The molecule has 0 radical (unpaired) electrons. The van der Waals surface area contributed by atoms with Crippen molar-refractivity contribution in [1.29, 1.82) is 0 Å². The third-order valence-corrected chi connectivity index (χ3v) is 3.10. The number of carbonyl (C=O) groups excluding carboxylic acids is 1. The zero-order valence-electron chi connectivity index (χ0n) is 11.0. The summed E-state index contributed by atoms with van der Waals surface area (Å²) in [5.41, 5.74) is 0. The minimum Gasteiger partial charge on any atom is -0.480 e. The Morgan fingerprint density at radius 1 is 1.56 bits per heavy atom. The van der Waals surface area contributed by atoms with Crippen molar-refractivity contribution in [3.8, 4) is 0 Å². The molecule has 0 bridgehead atoms. The molecule has 1 atom stereocenters. The number of aliphatic carboxylic acids is 1. The van der Waals surface area contributed by atoms with Gasteiger partial charge in [-0.2, -0.15) is 11.8 Å². The molecule has 0 saturated heterocycles. The average Bonchev–Trinajstić information content (AvgIpc) is 2.33. The van der Waals surface area contributed by atoms with Crippen molar-refractivity contribution in [2.24, 2.45) is 0 Å². The standard InChI is InChI=1S/C12H22N2O3S/c1-4-5-6-8-14(2)12(17)13-10(11(15)16)7-9-18-3/h4,10H,1,5-9H2,2-3H3,(H,13,17)(H,15,16)/t10-/m1/s1. The fourth-order valence-corrected chi connectivity index (χ4v) is 1.80. The maximum Gasteiger partial charge on any atom is 0.326 e. The predicted octanol–water partition coefficient (Wildman–Crippen LogP) is 1.80. The van der Waals surface area contributed by atoms with Gasteiger partial charge in [-0.25, -0.2) is 9.59 Å². The second kappa shape index (κ2) is 9.82. The van der Waals surface area contributed by atoms with Crippen LogP contribution in [-0.4, -0.2) is 53.6 Å². The van der Waals surface area contributed by atoms with Gasteiger partial charge in [-0.05, 0) is 31.3 Å². The normalized spacial score (nSPS) is 11.7. The molecule has 0 aliphatic heterocycles. The van der Waals surface area contributed by atoms with Crippen LogP contribution < -0.4 is 5.32 Å². The first kappa shape index (κ1) is 16.8. The van der Waals surface area contributed by atoms with Crippen LogP contribution in [0.4, 0.5) is 4.79 Å². The largest absolute Gasteiger partial charge is 0.480 e. The number of nitrogens with one attached hydrogen (secondary N) is 1. The molecule has 0 rings (SSSR count). The third kappa shape index (κ3) is 7.21. The molecule has 0 aromatic heterocycles. The summed E-state index contributed by atoms with van der Waals surface area (Å²) < 4.78 is 0. The number of carboxylic acid groups (broad SMARTS) is 1. The lowest BCUT2D eigenvalue weighted by molar-refractivity contribution is -0.139. The Morgan fingerprint density at radius 2 is 2.22 bits per heavy atom. The highest BCUT2D eigenvalue weighted by Gasteiger charge is 2.20. The number of hydrogen-bond acceptors (Lipinski definition) is 3. The van der Waals surface area contributed by atoms with Crippen LogP contribution in [0.3, 0.4) is 0 Å². The lowest BCUT2D eigenvalue weighted by Crippen LogP contribution is -2.47. The minimum atomic E-state index is -0.989. The fraction of sp³-hybridized carbons (Fsp3) is 0.667. The van der Waals surface area contributed by atoms with Crippen molar-refractivity contribution in [3.63, 3.8) is 0 Å². The van der Waals surface area contributed by atoms with Gasteiger partial charge < -0.3 is 15.3 Å². The number of amides is 2. The Balaban J connectivity index is 4.14. The maximum atomic E-state index is 11.7. The zero-order chi connectivity index (χ0) is 14.0. The molecule has 2 amide bonds. The molecule has 0 spiro atoms. The number of rotatable bonds is 9. The van der Waals surface area contributed by atoms with E-state index in [-0.39, 0.29) is 6.03 Å². The van der Waals surface area contributed by atoms with Gasteiger partial charge in [0, 0.05) is 13.6 Å². The highest BCUT2D eigenvalue weighted by molar-refractivity contribution is 7.98. The summed E-state index contributed by atoms with van der Waals surface area (Å²) in [5, 5.41) is 11.5. The summed E-state index contributed by atoms with van der Waals surface area (Å²) in [4.78, 5) is 24.2. The second-order valence-corrected chi connectivity index (χ2v) is 4.96. The quantitative estimate of drug-likeness (QED) is 0.497. The molecule has 0 saturated carbocycles. The van der Waals surface area contributed by atoms with Gasteiger partial charge in [0.1, 0.15) is 6.04 Å². The monoisotopic (exact) mass is 274 g/mol. The first-order chi connectivity index (χ1) is 8.52. The van der Waals surface area contributed by atoms with Gasteiger partial charge >= 0.3 is 12.0 Å². The van der Waals surface area contributed by atoms with Crippen molar-refractivity contribution in [3.05, 3.63) is 12.7 Å². The Bertz CT molecular complexity index is 284. The zero-order valence-corrected chi connectivity index (χ0v) is 11.8. The fourth-order valence-electron chi connectivity index (χ4n) is 1.33. The van der Waals surface area contributed by atoms with Crippen LogP contribution in [0, 0.1) is 0 Å². The SMILES string of the molecule is C=CCCCN(C)C(=O)N[C@H](CCSC)C(=O)O. The van der Waals surface area contributed by atoms with Crippen LogP contribution in [0.1, 0.15) is 19.3 Å². The highest BCUT2D eigenvalue weighted by atomic mass is 32.2. The average molecular weight is 274 g/mol. The van der Waals surface area contributed by atoms with Crippen molar-refractivity contribution in [1.82, 2.24) is 10.2 Å². The van der Waals surface area contributed by atoms with Crippen molar-refractivity contribution >= 4 is 23.8 Å². The maximum absolute atomic E-state index is 11.7. The topological polar surface area (TPSA) is 69.6 Å². The molecule has 0 aromatic carbocycles. The molecular weight excluding hydrogens is 252 g/mol. The molecule has 6 heteroatoms. The molecule has 5 nitrogen and oxygen atoms in total.